The van der Waals surface area contributed by atoms with E-state index in [1.54, 1.807) is 0 Å². The third-order valence-corrected chi connectivity index (χ3v) is 2.96. The first-order valence-corrected chi connectivity index (χ1v) is 5.14. The van der Waals surface area contributed by atoms with Crippen LogP contribution in [-0.4, -0.2) is 5.84 Å². The quantitative estimate of drug-likeness (QED) is 0.664. The summed E-state index contributed by atoms with van der Waals surface area (Å²) in [6.45, 7) is 0. The first kappa shape index (κ1) is 8.53. The van der Waals surface area contributed by atoms with E-state index in [0.29, 0.717) is 12.3 Å². The van der Waals surface area contributed by atoms with E-state index in [9.17, 15) is 0 Å². The lowest BCUT2D eigenvalue weighted by Crippen LogP contribution is -2.09. The zero-order chi connectivity index (χ0) is 10.3. The normalized spacial score (nSPS) is 18.8. The Morgan fingerprint density at radius 1 is 1.07 bits per heavy atom. The van der Waals surface area contributed by atoms with E-state index < -0.39 is 0 Å². The van der Waals surface area contributed by atoms with Crippen molar-refractivity contribution >= 4 is 11.5 Å². The van der Waals surface area contributed by atoms with Crippen molar-refractivity contribution in [1.82, 2.24) is 0 Å². The molecule has 3 heteroatoms. The van der Waals surface area contributed by atoms with E-state index in [4.69, 9.17) is 5.41 Å². The molecule has 0 bridgehead atoms. The van der Waals surface area contributed by atoms with Crippen LogP contribution in [0.2, 0.25) is 0 Å². The Balaban J connectivity index is 2.16. The summed E-state index contributed by atoms with van der Waals surface area (Å²) in [6, 6.07) is 8.34. The van der Waals surface area contributed by atoms with Crippen LogP contribution >= 0.6 is 0 Å². The number of azo groups is 1. The number of nitrogens with zero attached hydrogens (tertiary/aromatic N) is 2. The highest BCUT2D eigenvalue weighted by atomic mass is 15.1. The fourth-order valence-corrected chi connectivity index (χ4v) is 2.21. The number of aryl methyl sites for hydroxylation is 1. The molecule has 0 radical (unpaired) electrons. The first-order valence-electron chi connectivity index (χ1n) is 5.14. The number of hydrogen-bond acceptors (Lipinski definition) is 2. The Hall–Kier alpha value is -1.77. The van der Waals surface area contributed by atoms with Gasteiger partial charge in [0.2, 0.25) is 0 Å². The molecule has 0 unspecified atom stereocenters. The average Bonchev–Trinajstić information content (AvgIpc) is 2.28. The Kier molecular flexibility index (Phi) is 1.78. The summed E-state index contributed by atoms with van der Waals surface area (Å²) in [7, 11) is 0. The van der Waals surface area contributed by atoms with E-state index in [1.165, 1.54) is 16.7 Å². The first-order chi connectivity index (χ1) is 7.34. The van der Waals surface area contributed by atoms with Crippen LogP contribution < -0.4 is 0 Å². The summed E-state index contributed by atoms with van der Waals surface area (Å²) < 4.78 is 0. The molecular formula is C12H11N3. The van der Waals surface area contributed by atoms with Crippen LogP contribution in [0, 0.1) is 5.41 Å². The Morgan fingerprint density at radius 3 is 2.87 bits per heavy atom. The molecule has 0 atom stereocenters. The van der Waals surface area contributed by atoms with Gasteiger partial charge >= 0.3 is 0 Å². The molecule has 0 saturated heterocycles. The molecule has 1 aromatic rings. The van der Waals surface area contributed by atoms with Crippen molar-refractivity contribution in [3.63, 3.8) is 0 Å². The van der Waals surface area contributed by atoms with Gasteiger partial charge in [-0.25, -0.2) is 0 Å². The molecule has 0 amide bonds. The van der Waals surface area contributed by atoms with Crippen LogP contribution in [0.4, 0.5) is 0 Å². The maximum Gasteiger partial charge on any atom is 0.147 e. The van der Waals surface area contributed by atoms with Crippen molar-refractivity contribution < 1.29 is 0 Å². The molecule has 1 aliphatic heterocycles. The van der Waals surface area contributed by atoms with Gasteiger partial charge < -0.3 is 0 Å². The second-order valence-electron chi connectivity index (χ2n) is 3.93. The summed E-state index contributed by atoms with van der Waals surface area (Å²) in [4.78, 5) is 0. The van der Waals surface area contributed by atoms with Crippen molar-refractivity contribution in [2.24, 2.45) is 10.2 Å². The lowest BCUT2D eigenvalue weighted by atomic mass is 9.87. The molecule has 0 saturated carbocycles. The number of rotatable bonds is 0. The molecule has 0 fully saturated rings. The summed E-state index contributed by atoms with van der Waals surface area (Å²) in [5.74, 6) is 0.383. The predicted octanol–water partition coefficient (Wildman–Crippen LogP) is 3.18. The van der Waals surface area contributed by atoms with E-state index in [1.807, 2.05) is 6.07 Å². The fraction of sp³-hybridized carbons (Fsp3) is 0.250. The highest BCUT2D eigenvalue weighted by molar-refractivity contribution is 5.88. The van der Waals surface area contributed by atoms with Crippen LogP contribution in [0.3, 0.4) is 0 Å². The number of benzene rings is 1. The molecule has 1 N–H and O–H groups in total. The number of hydrogen-bond donors (Lipinski definition) is 1. The van der Waals surface area contributed by atoms with Crippen molar-refractivity contribution in [1.29, 1.82) is 5.41 Å². The van der Waals surface area contributed by atoms with E-state index in [0.717, 1.165) is 18.5 Å². The second-order valence-corrected chi connectivity index (χ2v) is 3.93. The van der Waals surface area contributed by atoms with Crippen molar-refractivity contribution in [2.45, 2.75) is 19.3 Å². The van der Waals surface area contributed by atoms with Crippen LogP contribution in [0.5, 0.6) is 0 Å². The molecule has 3 rings (SSSR count). The SMILES string of the molecule is N=C1CC2=C(N=N1)c1ccccc1CC2. The zero-order valence-corrected chi connectivity index (χ0v) is 8.33. The maximum atomic E-state index is 7.50. The van der Waals surface area contributed by atoms with Gasteiger partial charge in [-0.05, 0) is 24.0 Å². The monoisotopic (exact) mass is 197 g/mol. The lowest BCUT2D eigenvalue weighted by Gasteiger charge is -2.22. The van der Waals surface area contributed by atoms with Gasteiger partial charge in [0.1, 0.15) is 5.84 Å². The van der Waals surface area contributed by atoms with Gasteiger partial charge in [-0.3, -0.25) is 5.41 Å². The molecule has 1 aromatic carbocycles. The Bertz CT molecular complexity index is 497. The molecule has 15 heavy (non-hydrogen) atoms. The Morgan fingerprint density at radius 2 is 1.93 bits per heavy atom. The minimum atomic E-state index is 0.383. The smallest absolute Gasteiger partial charge is 0.147 e. The minimum Gasteiger partial charge on any atom is -0.285 e. The summed E-state index contributed by atoms with van der Waals surface area (Å²) >= 11 is 0. The third kappa shape index (κ3) is 1.31. The number of fused-ring (bicyclic) bond motifs is 2. The largest absolute Gasteiger partial charge is 0.285 e. The van der Waals surface area contributed by atoms with E-state index in [2.05, 4.69) is 28.4 Å². The maximum absolute atomic E-state index is 7.50. The van der Waals surface area contributed by atoms with E-state index in [-0.39, 0.29) is 0 Å². The molecule has 2 aliphatic rings. The molecule has 0 aromatic heterocycles. The fourth-order valence-electron chi connectivity index (χ4n) is 2.21. The van der Waals surface area contributed by atoms with Crippen LogP contribution in [0.15, 0.2) is 40.1 Å². The van der Waals surface area contributed by atoms with E-state index >= 15 is 0 Å². The molecule has 1 aliphatic carbocycles. The third-order valence-electron chi connectivity index (χ3n) is 2.96. The van der Waals surface area contributed by atoms with Crippen molar-refractivity contribution in [2.75, 3.05) is 0 Å². The van der Waals surface area contributed by atoms with Crippen LogP contribution in [-0.2, 0) is 6.42 Å². The lowest BCUT2D eigenvalue weighted by molar-refractivity contribution is 0.871. The molecule has 74 valence electrons. The van der Waals surface area contributed by atoms with Crippen molar-refractivity contribution in [3.8, 4) is 0 Å². The molecular weight excluding hydrogens is 186 g/mol. The van der Waals surface area contributed by atoms with Gasteiger partial charge in [0.25, 0.3) is 0 Å². The number of amidine groups is 1. The molecule has 0 spiro atoms. The van der Waals surface area contributed by atoms with Crippen LogP contribution in [0.1, 0.15) is 24.0 Å². The van der Waals surface area contributed by atoms with Gasteiger partial charge in [0.15, 0.2) is 0 Å². The minimum absolute atomic E-state index is 0.383. The molecule has 3 nitrogen and oxygen atoms in total. The zero-order valence-electron chi connectivity index (χ0n) is 8.33. The average molecular weight is 197 g/mol. The summed E-state index contributed by atoms with van der Waals surface area (Å²) in [5.41, 5.74) is 4.83. The Labute approximate surface area is 88.1 Å². The second kappa shape index (κ2) is 3.12. The topological polar surface area (TPSA) is 48.6 Å². The number of nitrogens with one attached hydrogen (secondary N) is 1. The summed E-state index contributed by atoms with van der Waals surface area (Å²) in [5, 5.41) is 15.5. The van der Waals surface area contributed by atoms with Gasteiger partial charge in [0, 0.05) is 12.0 Å². The highest BCUT2D eigenvalue weighted by Gasteiger charge is 2.21. The summed E-state index contributed by atoms with van der Waals surface area (Å²) in [6.07, 6.45) is 2.76. The highest BCUT2D eigenvalue weighted by Crippen LogP contribution is 2.36. The van der Waals surface area contributed by atoms with Crippen molar-refractivity contribution in [3.05, 3.63) is 41.0 Å². The predicted molar refractivity (Wildman–Crippen MR) is 58.9 cm³/mol. The van der Waals surface area contributed by atoms with Gasteiger partial charge in [-0.2, -0.15) is 0 Å². The van der Waals surface area contributed by atoms with Gasteiger partial charge in [0.05, 0.1) is 5.70 Å². The van der Waals surface area contributed by atoms with Crippen LogP contribution in [0.25, 0.3) is 5.70 Å². The standard InChI is InChI=1S/C12H11N3/c13-11-7-9-6-5-8-3-1-2-4-10(8)12(9)15-14-11/h1-4,13H,5-7H2. The van der Waals surface area contributed by atoms with Gasteiger partial charge in [-0.1, -0.05) is 24.3 Å². The van der Waals surface area contributed by atoms with Gasteiger partial charge in [-0.15, -0.1) is 10.2 Å². The molecule has 1 heterocycles.